The van der Waals surface area contributed by atoms with Gasteiger partial charge in [-0.05, 0) is 81.0 Å². The van der Waals surface area contributed by atoms with Crippen molar-refractivity contribution in [2.45, 2.75) is 51.5 Å². The average Bonchev–Trinajstić information content (AvgIpc) is 3.86. The van der Waals surface area contributed by atoms with Crippen LogP contribution in [0.15, 0.2) is 59.3 Å². The summed E-state index contributed by atoms with van der Waals surface area (Å²) >= 11 is 1.52. The van der Waals surface area contributed by atoms with Crippen molar-refractivity contribution in [2.75, 3.05) is 60.9 Å². The van der Waals surface area contributed by atoms with Crippen molar-refractivity contribution in [1.82, 2.24) is 30.1 Å². The average molecular weight is 757 g/mol. The topological polar surface area (TPSA) is 171 Å². The van der Waals surface area contributed by atoms with E-state index in [9.17, 15) is 20.1 Å². The number of carbonyl (C=O) groups is 2. The Morgan fingerprint density at radius 3 is 2.51 bits per heavy atom. The Labute approximate surface area is 324 Å². The molecular weight excluding hydrogens is 713 g/mol. The molecule has 14 nitrogen and oxygen atoms in total. The molecule has 2 N–H and O–H groups in total. The van der Waals surface area contributed by atoms with Gasteiger partial charge in [-0.3, -0.25) is 24.8 Å². The lowest BCUT2D eigenvalue weighted by Crippen LogP contribution is -2.49. The Morgan fingerprint density at radius 1 is 1.05 bits per heavy atom. The SMILES string of the molecule is C=Nn1c(/C=C(\C)C#N)ccc1-c1cc(N[C@H](C)C#N)c(-c2nnc(N3CCN(CC4CCN(c5ccc([C@H]6CCC(=O)NC6=O)cc5)CC4)CC3)s2)cn1. The smallest absolute Gasteiger partial charge is 0.234 e. The van der Waals surface area contributed by atoms with Crippen molar-refractivity contribution in [3.8, 4) is 34.1 Å². The molecule has 0 unspecified atom stereocenters. The van der Waals surface area contributed by atoms with E-state index in [0.29, 0.717) is 52.1 Å². The number of piperidine rings is 2. The van der Waals surface area contributed by atoms with E-state index in [-0.39, 0.29) is 17.7 Å². The molecule has 0 bridgehead atoms. The number of amides is 2. The summed E-state index contributed by atoms with van der Waals surface area (Å²) in [4.78, 5) is 35.9. The van der Waals surface area contributed by atoms with E-state index >= 15 is 0 Å². The highest BCUT2D eigenvalue weighted by atomic mass is 32.1. The van der Waals surface area contributed by atoms with Crippen molar-refractivity contribution in [2.24, 2.45) is 11.0 Å². The van der Waals surface area contributed by atoms with Crippen molar-refractivity contribution < 1.29 is 9.59 Å². The highest BCUT2D eigenvalue weighted by Gasteiger charge is 2.29. The lowest BCUT2D eigenvalue weighted by atomic mass is 9.90. The first-order valence-corrected chi connectivity index (χ1v) is 19.5. The molecule has 2 amide bonds. The number of anilines is 3. The van der Waals surface area contributed by atoms with Crippen molar-refractivity contribution in [3.63, 3.8) is 0 Å². The molecule has 0 radical (unpaired) electrons. The monoisotopic (exact) mass is 756 g/mol. The number of hydrogen-bond acceptors (Lipinski definition) is 13. The summed E-state index contributed by atoms with van der Waals surface area (Å²) in [6.45, 7) is 14.0. The highest BCUT2D eigenvalue weighted by Crippen LogP contribution is 2.37. The van der Waals surface area contributed by atoms with Gasteiger partial charge in [-0.1, -0.05) is 23.5 Å². The van der Waals surface area contributed by atoms with Crippen LogP contribution in [0.3, 0.4) is 0 Å². The van der Waals surface area contributed by atoms with Crippen LogP contribution >= 0.6 is 11.3 Å². The van der Waals surface area contributed by atoms with E-state index in [2.05, 4.69) is 71.6 Å². The number of benzene rings is 1. The van der Waals surface area contributed by atoms with Crippen LogP contribution in [-0.4, -0.2) is 95.1 Å². The Balaban J connectivity index is 0.942. The molecular formula is C40H44N12O2S. The fourth-order valence-electron chi connectivity index (χ4n) is 7.55. The molecule has 282 valence electrons. The summed E-state index contributed by atoms with van der Waals surface area (Å²) in [5.41, 5.74) is 6.21. The van der Waals surface area contributed by atoms with Gasteiger partial charge in [0.2, 0.25) is 16.9 Å². The molecule has 6 heterocycles. The maximum Gasteiger partial charge on any atom is 0.234 e. The van der Waals surface area contributed by atoms with Gasteiger partial charge in [0.15, 0.2) is 5.01 Å². The molecule has 0 aliphatic carbocycles. The Bertz CT molecular complexity index is 2160. The quantitative estimate of drug-likeness (QED) is 0.115. The largest absolute Gasteiger partial charge is 0.372 e. The molecule has 2 atom stereocenters. The zero-order chi connectivity index (χ0) is 38.5. The molecule has 3 fully saturated rings. The van der Waals surface area contributed by atoms with Crippen LogP contribution in [-0.2, 0) is 9.59 Å². The minimum Gasteiger partial charge on any atom is -0.372 e. The second kappa shape index (κ2) is 16.6. The molecule has 3 aliphatic rings. The van der Waals surface area contributed by atoms with Gasteiger partial charge in [0, 0.05) is 82.1 Å². The van der Waals surface area contributed by atoms with Gasteiger partial charge in [0.05, 0.1) is 40.7 Å². The number of piperazine rings is 1. The summed E-state index contributed by atoms with van der Waals surface area (Å²) in [7, 11) is 0. The predicted octanol–water partition coefficient (Wildman–Crippen LogP) is 5.34. The van der Waals surface area contributed by atoms with Crippen LogP contribution in [0.2, 0.25) is 0 Å². The summed E-state index contributed by atoms with van der Waals surface area (Å²) in [6.07, 6.45) is 6.72. The molecule has 3 aliphatic heterocycles. The second-order valence-corrected chi connectivity index (χ2v) is 15.3. The molecule has 1 aromatic carbocycles. The van der Waals surface area contributed by atoms with Crippen LogP contribution < -0.4 is 20.4 Å². The van der Waals surface area contributed by atoms with Crippen LogP contribution in [0.5, 0.6) is 0 Å². The van der Waals surface area contributed by atoms with Crippen molar-refractivity contribution in [3.05, 3.63) is 65.5 Å². The summed E-state index contributed by atoms with van der Waals surface area (Å²) in [5, 5.41) is 39.5. The lowest BCUT2D eigenvalue weighted by molar-refractivity contribution is -0.134. The summed E-state index contributed by atoms with van der Waals surface area (Å²) in [5.74, 6) is 0.00927. The van der Waals surface area contributed by atoms with Gasteiger partial charge in [-0.2, -0.15) is 15.6 Å². The number of pyridine rings is 1. The van der Waals surface area contributed by atoms with Gasteiger partial charge in [0.25, 0.3) is 0 Å². The third kappa shape index (κ3) is 8.43. The number of nitrogens with one attached hydrogen (secondary N) is 2. The van der Waals surface area contributed by atoms with Gasteiger partial charge in [0.1, 0.15) is 6.04 Å². The minimum absolute atomic E-state index is 0.186. The second-order valence-electron chi connectivity index (χ2n) is 14.3. The highest BCUT2D eigenvalue weighted by molar-refractivity contribution is 7.18. The summed E-state index contributed by atoms with van der Waals surface area (Å²) in [6, 6.07) is 17.9. The number of aromatic nitrogens is 4. The first-order chi connectivity index (χ1) is 26.7. The van der Waals surface area contributed by atoms with Crippen LogP contribution in [0.1, 0.15) is 56.7 Å². The van der Waals surface area contributed by atoms with E-state index in [0.717, 1.165) is 74.9 Å². The Hall–Kier alpha value is -5.90. The molecule has 15 heteroatoms. The molecule has 4 aromatic rings. The number of imide groups is 1. The number of allylic oxidation sites excluding steroid dienone is 1. The van der Waals surface area contributed by atoms with Gasteiger partial charge >= 0.3 is 0 Å². The van der Waals surface area contributed by atoms with Gasteiger partial charge in [-0.25, -0.2) is 4.68 Å². The molecule has 7 rings (SSSR count). The minimum atomic E-state index is -0.457. The zero-order valence-electron chi connectivity index (χ0n) is 31.1. The number of carbonyl (C=O) groups excluding carboxylic acids is 2. The van der Waals surface area contributed by atoms with E-state index < -0.39 is 6.04 Å². The third-order valence-corrected chi connectivity index (χ3v) is 11.6. The molecule has 3 saturated heterocycles. The molecule has 0 saturated carbocycles. The normalized spacial score (nSPS) is 19.1. The third-order valence-electron chi connectivity index (χ3n) is 10.6. The van der Waals surface area contributed by atoms with Crippen LogP contribution in [0.25, 0.3) is 28.0 Å². The Morgan fingerprint density at radius 2 is 1.82 bits per heavy atom. The van der Waals surface area contributed by atoms with E-state index in [1.807, 2.05) is 30.3 Å². The summed E-state index contributed by atoms with van der Waals surface area (Å²) < 4.78 is 1.64. The maximum atomic E-state index is 12.3. The molecule has 3 aromatic heterocycles. The predicted molar refractivity (Wildman–Crippen MR) is 215 cm³/mol. The first kappa shape index (κ1) is 37.4. The zero-order valence-corrected chi connectivity index (χ0v) is 31.9. The number of hydrogen-bond donors (Lipinski definition) is 2. The maximum absolute atomic E-state index is 12.3. The van der Waals surface area contributed by atoms with Crippen LogP contribution in [0.4, 0.5) is 16.5 Å². The lowest BCUT2D eigenvalue weighted by Gasteiger charge is -2.39. The fourth-order valence-corrected chi connectivity index (χ4v) is 8.47. The van der Waals surface area contributed by atoms with E-state index in [1.54, 1.807) is 30.8 Å². The van der Waals surface area contributed by atoms with Gasteiger partial charge in [-0.15, -0.1) is 10.2 Å². The number of nitriles is 2. The molecule has 0 spiro atoms. The van der Waals surface area contributed by atoms with E-state index in [1.165, 1.54) is 17.0 Å². The standard InChI is InChI=1S/C40H44N12O2S/c1-26(22-41)20-31-8-10-36(52(31)43-3)35-21-34(45-27(2)23-42)33(24-44-35)39-47-48-40(55-39)51-18-16-49(17-19-51)25-28-12-14-50(15-13-28)30-6-4-29(5-7-30)32-9-11-37(53)46-38(32)54/h4-8,10,20-21,24,27-28,32H,3,9,11-19,25H2,1-2H3,(H,44,45)(H,46,53,54)/b26-20+/t27-,32-/m1/s1. The molecule has 55 heavy (non-hydrogen) atoms. The van der Waals surface area contributed by atoms with Gasteiger partial charge < -0.3 is 15.1 Å². The van der Waals surface area contributed by atoms with Crippen molar-refractivity contribution >= 4 is 52.5 Å². The number of rotatable bonds is 11. The Kier molecular flexibility index (Phi) is 11.3. The number of nitrogens with zero attached hydrogens (tertiary/aromatic N) is 10. The fraction of sp³-hybridized carbons (Fsp3) is 0.400. The van der Waals surface area contributed by atoms with Crippen molar-refractivity contribution in [1.29, 1.82) is 10.5 Å². The first-order valence-electron chi connectivity index (χ1n) is 18.7. The van der Waals surface area contributed by atoms with E-state index in [4.69, 9.17) is 4.98 Å². The van der Waals surface area contributed by atoms with Crippen LogP contribution in [0, 0.1) is 28.6 Å².